The van der Waals surface area contributed by atoms with Gasteiger partial charge in [0.05, 0.1) is 0 Å². The third-order valence-electron chi connectivity index (χ3n) is 4.06. The van der Waals surface area contributed by atoms with Crippen molar-refractivity contribution < 1.29 is 10.2 Å². The summed E-state index contributed by atoms with van der Waals surface area (Å²) in [7, 11) is 0. The maximum absolute atomic E-state index is 10.0. The van der Waals surface area contributed by atoms with Gasteiger partial charge in [-0.2, -0.15) is 0 Å². The van der Waals surface area contributed by atoms with Crippen LogP contribution in [0.15, 0.2) is 30.3 Å². The van der Waals surface area contributed by atoms with Crippen LogP contribution in [0.2, 0.25) is 0 Å². The molecule has 0 spiro atoms. The SMILES string of the molecule is Cc1cc(C(C)Cc2ccc(C)c(O)c2C)ccc1O. The maximum atomic E-state index is 10.0. The Morgan fingerprint density at radius 2 is 1.65 bits per heavy atom. The predicted octanol–water partition coefficient (Wildman–Crippen LogP) is 4.37. The molecule has 106 valence electrons. The number of phenolic OH excluding ortho intramolecular Hbond substituents is 2. The van der Waals surface area contributed by atoms with Crippen LogP contribution in [0.3, 0.4) is 0 Å². The quantitative estimate of drug-likeness (QED) is 0.869. The van der Waals surface area contributed by atoms with Gasteiger partial charge in [-0.25, -0.2) is 0 Å². The molecule has 0 aliphatic heterocycles. The zero-order valence-electron chi connectivity index (χ0n) is 12.6. The number of hydrogen-bond acceptors (Lipinski definition) is 2. The van der Waals surface area contributed by atoms with Crippen molar-refractivity contribution in [2.24, 2.45) is 0 Å². The van der Waals surface area contributed by atoms with Gasteiger partial charge in [0.1, 0.15) is 11.5 Å². The van der Waals surface area contributed by atoms with Gasteiger partial charge in [0, 0.05) is 0 Å². The van der Waals surface area contributed by atoms with E-state index in [9.17, 15) is 10.2 Å². The van der Waals surface area contributed by atoms with E-state index in [0.717, 1.165) is 23.1 Å². The highest BCUT2D eigenvalue weighted by atomic mass is 16.3. The average molecular weight is 270 g/mol. The molecule has 2 nitrogen and oxygen atoms in total. The molecule has 2 rings (SSSR count). The zero-order chi connectivity index (χ0) is 14.9. The van der Waals surface area contributed by atoms with Crippen LogP contribution in [0.25, 0.3) is 0 Å². The summed E-state index contributed by atoms with van der Waals surface area (Å²) in [5.74, 6) is 1.08. The fraction of sp³-hybridized carbons (Fsp3) is 0.333. The van der Waals surface area contributed by atoms with Crippen molar-refractivity contribution in [3.05, 3.63) is 58.1 Å². The van der Waals surface area contributed by atoms with Crippen molar-refractivity contribution in [3.63, 3.8) is 0 Å². The monoisotopic (exact) mass is 270 g/mol. The largest absolute Gasteiger partial charge is 0.508 e. The minimum Gasteiger partial charge on any atom is -0.508 e. The molecule has 0 saturated heterocycles. The van der Waals surface area contributed by atoms with E-state index in [4.69, 9.17) is 0 Å². The van der Waals surface area contributed by atoms with Crippen LogP contribution in [0.1, 0.15) is 40.7 Å². The fourth-order valence-electron chi connectivity index (χ4n) is 2.53. The molecule has 1 atom stereocenters. The van der Waals surface area contributed by atoms with E-state index in [-0.39, 0.29) is 0 Å². The summed E-state index contributed by atoms with van der Waals surface area (Å²) >= 11 is 0. The standard InChI is InChI=1S/C18H22O2/c1-11-5-6-16(14(4)18(11)20)9-12(2)15-7-8-17(19)13(3)10-15/h5-8,10,12,19-20H,9H2,1-4H3. The molecule has 0 bridgehead atoms. The van der Waals surface area contributed by atoms with Gasteiger partial charge >= 0.3 is 0 Å². The predicted molar refractivity (Wildman–Crippen MR) is 82.5 cm³/mol. The van der Waals surface area contributed by atoms with Crippen molar-refractivity contribution in [3.8, 4) is 11.5 Å². The lowest BCUT2D eigenvalue weighted by atomic mass is 9.90. The second kappa shape index (κ2) is 5.58. The van der Waals surface area contributed by atoms with Gasteiger partial charge < -0.3 is 10.2 Å². The highest BCUT2D eigenvalue weighted by Crippen LogP contribution is 2.30. The third kappa shape index (κ3) is 2.79. The van der Waals surface area contributed by atoms with E-state index in [1.807, 2.05) is 39.0 Å². The molecule has 0 amide bonds. The summed E-state index contributed by atoms with van der Waals surface area (Å²) in [5.41, 5.74) is 5.16. The van der Waals surface area contributed by atoms with E-state index < -0.39 is 0 Å². The van der Waals surface area contributed by atoms with Crippen molar-refractivity contribution >= 4 is 0 Å². The van der Waals surface area contributed by atoms with Crippen molar-refractivity contribution in [1.82, 2.24) is 0 Å². The lowest BCUT2D eigenvalue weighted by molar-refractivity contribution is 0.465. The summed E-state index contributed by atoms with van der Waals surface area (Å²) in [6.07, 6.45) is 0.879. The van der Waals surface area contributed by atoms with Gasteiger partial charge in [0.15, 0.2) is 0 Å². The fourth-order valence-corrected chi connectivity index (χ4v) is 2.53. The molecule has 2 heteroatoms. The highest BCUT2D eigenvalue weighted by molar-refractivity contribution is 5.45. The molecule has 0 aliphatic carbocycles. The number of hydrogen-bond donors (Lipinski definition) is 2. The number of aromatic hydroxyl groups is 2. The molecule has 2 aromatic carbocycles. The summed E-state index contributed by atoms with van der Waals surface area (Å²) in [6, 6.07) is 9.81. The Morgan fingerprint density at radius 1 is 0.950 bits per heavy atom. The van der Waals surface area contributed by atoms with Crippen LogP contribution in [-0.2, 0) is 6.42 Å². The van der Waals surface area contributed by atoms with E-state index in [0.29, 0.717) is 17.4 Å². The smallest absolute Gasteiger partial charge is 0.121 e. The topological polar surface area (TPSA) is 40.5 Å². The Morgan fingerprint density at radius 3 is 2.30 bits per heavy atom. The van der Waals surface area contributed by atoms with Gasteiger partial charge in [0.2, 0.25) is 0 Å². The number of aryl methyl sites for hydroxylation is 2. The first-order chi connectivity index (χ1) is 9.40. The summed E-state index contributed by atoms with van der Waals surface area (Å²) in [6.45, 7) is 7.96. The molecular weight excluding hydrogens is 248 g/mol. The first kappa shape index (κ1) is 14.4. The molecule has 0 heterocycles. The third-order valence-corrected chi connectivity index (χ3v) is 4.06. The molecular formula is C18H22O2. The minimum atomic E-state index is 0.338. The van der Waals surface area contributed by atoms with Crippen LogP contribution in [-0.4, -0.2) is 10.2 Å². The number of rotatable bonds is 3. The molecule has 0 fully saturated rings. The van der Waals surface area contributed by atoms with Crippen molar-refractivity contribution in [2.45, 2.75) is 40.0 Å². The minimum absolute atomic E-state index is 0.338. The van der Waals surface area contributed by atoms with Gasteiger partial charge in [-0.15, -0.1) is 0 Å². The Bertz CT molecular complexity index is 630. The molecule has 0 aliphatic rings. The van der Waals surface area contributed by atoms with Crippen LogP contribution in [0, 0.1) is 20.8 Å². The Hall–Kier alpha value is -1.96. The van der Waals surface area contributed by atoms with E-state index in [2.05, 4.69) is 13.0 Å². The molecule has 20 heavy (non-hydrogen) atoms. The second-order valence-corrected chi connectivity index (χ2v) is 5.67. The lowest BCUT2D eigenvalue weighted by Crippen LogP contribution is -2.01. The number of phenols is 2. The van der Waals surface area contributed by atoms with Crippen molar-refractivity contribution in [2.75, 3.05) is 0 Å². The second-order valence-electron chi connectivity index (χ2n) is 5.67. The Balaban J connectivity index is 2.25. The van der Waals surface area contributed by atoms with Crippen molar-refractivity contribution in [1.29, 1.82) is 0 Å². The zero-order valence-corrected chi connectivity index (χ0v) is 12.6. The van der Waals surface area contributed by atoms with Crippen LogP contribution < -0.4 is 0 Å². The van der Waals surface area contributed by atoms with Crippen LogP contribution in [0.5, 0.6) is 11.5 Å². The van der Waals surface area contributed by atoms with E-state index >= 15 is 0 Å². The normalized spacial score (nSPS) is 12.4. The lowest BCUT2D eigenvalue weighted by Gasteiger charge is -2.16. The van der Waals surface area contributed by atoms with Gasteiger partial charge in [-0.05, 0) is 67.0 Å². The molecule has 1 unspecified atom stereocenters. The van der Waals surface area contributed by atoms with E-state index in [1.54, 1.807) is 6.07 Å². The summed E-state index contributed by atoms with van der Waals surface area (Å²) in [4.78, 5) is 0. The van der Waals surface area contributed by atoms with Crippen LogP contribution >= 0.6 is 0 Å². The first-order valence-electron chi connectivity index (χ1n) is 6.97. The summed E-state index contributed by atoms with van der Waals surface area (Å²) in [5, 5.41) is 19.6. The highest BCUT2D eigenvalue weighted by Gasteiger charge is 2.12. The van der Waals surface area contributed by atoms with E-state index in [1.165, 1.54) is 11.1 Å². The Kier molecular flexibility index (Phi) is 4.03. The molecule has 0 aromatic heterocycles. The van der Waals surface area contributed by atoms with Gasteiger partial charge in [-0.1, -0.05) is 31.2 Å². The number of benzene rings is 2. The molecule has 0 saturated carbocycles. The average Bonchev–Trinajstić information content (AvgIpc) is 2.42. The molecule has 0 radical (unpaired) electrons. The molecule has 2 aromatic rings. The Labute approximate surface area is 120 Å². The van der Waals surface area contributed by atoms with Gasteiger partial charge in [-0.3, -0.25) is 0 Å². The van der Waals surface area contributed by atoms with Gasteiger partial charge in [0.25, 0.3) is 0 Å². The first-order valence-corrected chi connectivity index (χ1v) is 6.97. The molecule has 2 N–H and O–H groups in total. The summed E-state index contributed by atoms with van der Waals surface area (Å²) < 4.78 is 0. The maximum Gasteiger partial charge on any atom is 0.121 e. The van der Waals surface area contributed by atoms with Crippen LogP contribution in [0.4, 0.5) is 0 Å².